The highest BCUT2D eigenvalue weighted by Gasteiger charge is 2.24. The number of methoxy groups -OCH3 is 1. The first kappa shape index (κ1) is 25.9. The molecule has 0 spiro atoms. The van der Waals surface area contributed by atoms with Crippen LogP contribution in [0.3, 0.4) is 0 Å². The quantitative estimate of drug-likeness (QED) is 0.533. The minimum atomic E-state index is 0.0565. The van der Waals surface area contributed by atoms with Gasteiger partial charge in [-0.05, 0) is 61.3 Å². The van der Waals surface area contributed by atoms with Gasteiger partial charge < -0.3 is 10.1 Å². The van der Waals surface area contributed by atoms with Crippen molar-refractivity contribution in [1.29, 1.82) is 0 Å². The van der Waals surface area contributed by atoms with Crippen LogP contribution in [-0.2, 0) is 9.53 Å². The van der Waals surface area contributed by atoms with Crippen LogP contribution in [0.2, 0.25) is 5.02 Å². The number of amides is 1. The van der Waals surface area contributed by atoms with Gasteiger partial charge in [-0.15, -0.1) is 0 Å². The molecule has 0 heterocycles. The zero-order chi connectivity index (χ0) is 22.4. The second-order valence-electron chi connectivity index (χ2n) is 7.17. The molecule has 1 aliphatic carbocycles. The lowest BCUT2D eigenvalue weighted by molar-refractivity contribution is -0.117. The number of carbonyl (C=O) groups is 2. The van der Waals surface area contributed by atoms with E-state index in [1.54, 1.807) is 26.4 Å². The van der Waals surface area contributed by atoms with Crippen LogP contribution in [0.1, 0.15) is 67.8 Å². The molecule has 1 N–H and O–H groups in total. The molecule has 0 radical (unpaired) electrons. The molecule has 5 heteroatoms. The molecule has 1 fully saturated rings. The van der Waals surface area contributed by atoms with E-state index in [1.165, 1.54) is 5.56 Å². The average Bonchev–Trinajstić information content (AvgIpc) is 2.76. The van der Waals surface area contributed by atoms with Gasteiger partial charge in [0.1, 0.15) is 6.29 Å². The van der Waals surface area contributed by atoms with Crippen LogP contribution in [0, 0.1) is 5.92 Å². The van der Waals surface area contributed by atoms with Gasteiger partial charge in [0.25, 0.3) is 0 Å². The van der Waals surface area contributed by atoms with Crippen LogP contribution in [0.5, 0.6) is 0 Å². The summed E-state index contributed by atoms with van der Waals surface area (Å²) in [6.07, 6.45) is 5.74. The number of rotatable bonds is 5. The summed E-state index contributed by atoms with van der Waals surface area (Å²) >= 11 is 5.94. The maximum Gasteiger partial charge on any atom is 0.224 e. The lowest BCUT2D eigenvalue weighted by Gasteiger charge is -2.28. The largest absolute Gasteiger partial charge is 0.388 e. The van der Waals surface area contributed by atoms with Gasteiger partial charge in [-0.3, -0.25) is 9.59 Å². The molecule has 2 aromatic rings. The number of hydrogen-bond donors (Lipinski definition) is 1. The van der Waals surface area contributed by atoms with E-state index in [4.69, 9.17) is 11.6 Å². The molecule has 30 heavy (non-hydrogen) atoms. The topological polar surface area (TPSA) is 55.4 Å². The zero-order valence-corrected chi connectivity index (χ0v) is 19.2. The minimum Gasteiger partial charge on any atom is -0.388 e. The lowest BCUT2D eigenvalue weighted by atomic mass is 9.77. The normalized spacial score (nSPS) is 17.5. The first-order valence-electron chi connectivity index (χ1n) is 10.6. The molecule has 0 bridgehead atoms. The molecule has 3 rings (SSSR count). The van der Waals surface area contributed by atoms with Crippen molar-refractivity contribution >= 4 is 29.5 Å². The monoisotopic (exact) mass is 431 g/mol. The van der Waals surface area contributed by atoms with Crippen molar-refractivity contribution in [2.75, 3.05) is 19.5 Å². The number of anilines is 1. The summed E-state index contributed by atoms with van der Waals surface area (Å²) < 4.78 is 4.25. The van der Waals surface area contributed by atoms with Crippen molar-refractivity contribution in [3.63, 3.8) is 0 Å². The summed E-state index contributed by atoms with van der Waals surface area (Å²) in [6.45, 7) is 4.00. The summed E-state index contributed by atoms with van der Waals surface area (Å²) in [4.78, 5) is 23.0. The van der Waals surface area contributed by atoms with Crippen LogP contribution in [-0.4, -0.2) is 26.4 Å². The summed E-state index contributed by atoms with van der Waals surface area (Å²) in [5.41, 5.74) is 2.77. The molecule has 1 amide bonds. The average molecular weight is 432 g/mol. The maximum atomic E-state index is 12.2. The van der Waals surface area contributed by atoms with E-state index < -0.39 is 0 Å². The van der Waals surface area contributed by atoms with Crippen LogP contribution in [0.15, 0.2) is 48.5 Å². The molecule has 0 aromatic heterocycles. The molecule has 4 nitrogen and oxygen atoms in total. The third-order valence-corrected chi connectivity index (χ3v) is 5.21. The Hall–Kier alpha value is -2.17. The Balaban J connectivity index is 0.000000826. The van der Waals surface area contributed by atoms with Crippen LogP contribution >= 0.6 is 11.6 Å². The molecule has 0 atom stereocenters. The van der Waals surface area contributed by atoms with Gasteiger partial charge >= 0.3 is 0 Å². The Bertz CT molecular complexity index is 753. The highest BCUT2D eigenvalue weighted by molar-refractivity contribution is 6.30. The van der Waals surface area contributed by atoms with E-state index in [0.29, 0.717) is 23.3 Å². The van der Waals surface area contributed by atoms with Crippen molar-refractivity contribution in [1.82, 2.24) is 0 Å². The van der Waals surface area contributed by atoms with Gasteiger partial charge in [0.2, 0.25) is 5.91 Å². The number of ether oxygens (including phenoxy) is 1. The van der Waals surface area contributed by atoms with E-state index in [1.807, 2.05) is 38.1 Å². The third-order valence-electron chi connectivity index (χ3n) is 4.97. The third kappa shape index (κ3) is 9.10. The number of nitrogens with one attached hydrogen (secondary N) is 1. The van der Waals surface area contributed by atoms with Gasteiger partial charge in [-0.25, -0.2) is 0 Å². The predicted octanol–water partition coefficient (Wildman–Crippen LogP) is 6.74. The number of carbonyl (C=O) groups excluding carboxylic acids is 2. The Kier molecular flexibility index (Phi) is 12.7. The second-order valence-corrected chi connectivity index (χ2v) is 7.61. The highest BCUT2D eigenvalue weighted by Crippen LogP contribution is 2.37. The molecule has 1 aliphatic rings. The van der Waals surface area contributed by atoms with Crippen molar-refractivity contribution in [2.45, 2.75) is 51.9 Å². The SMILES string of the molecule is CC.COC.O=Cc1ccc(C2CCC(CC(=O)Nc3cccc(Cl)c3)CC2)cc1. The predicted molar refractivity (Wildman–Crippen MR) is 126 cm³/mol. The van der Waals surface area contributed by atoms with Crippen LogP contribution in [0.4, 0.5) is 5.69 Å². The van der Waals surface area contributed by atoms with E-state index in [2.05, 4.69) is 22.2 Å². The number of aldehydes is 1. The van der Waals surface area contributed by atoms with Gasteiger partial charge in [0, 0.05) is 36.9 Å². The standard InChI is InChI=1S/C21H22ClNO2.C2H6O.C2H6/c22-19-2-1-3-20(13-19)23-21(25)12-15-4-8-17(9-5-15)18-10-6-16(14-24)7-11-18;1-3-2;1-2/h1-3,6-7,10-11,13-15,17H,4-5,8-9,12H2,(H,23,25);1-2H3;1-2H3. The summed E-state index contributed by atoms with van der Waals surface area (Å²) in [6, 6.07) is 15.1. The fourth-order valence-electron chi connectivity index (χ4n) is 3.59. The summed E-state index contributed by atoms with van der Waals surface area (Å²) in [5, 5.41) is 3.55. The van der Waals surface area contributed by atoms with Crippen molar-refractivity contribution in [3.05, 3.63) is 64.7 Å². The van der Waals surface area contributed by atoms with E-state index >= 15 is 0 Å². The molecule has 0 aliphatic heterocycles. The van der Waals surface area contributed by atoms with Crippen molar-refractivity contribution in [2.24, 2.45) is 5.92 Å². The molecular formula is C25H34ClNO3. The molecule has 1 saturated carbocycles. The Labute approximate surface area is 186 Å². The van der Waals surface area contributed by atoms with Crippen molar-refractivity contribution in [3.8, 4) is 0 Å². The Morgan fingerprint density at radius 2 is 1.67 bits per heavy atom. The number of halogens is 1. The molecule has 0 unspecified atom stereocenters. The van der Waals surface area contributed by atoms with Gasteiger partial charge in [-0.1, -0.05) is 55.8 Å². The van der Waals surface area contributed by atoms with Gasteiger partial charge in [0.05, 0.1) is 0 Å². The Morgan fingerprint density at radius 1 is 1.07 bits per heavy atom. The summed E-state index contributed by atoms with van der Waals surface area (Å²) in [5.74, 6) is 1.03. The van der Waals surface area contributed by atoms with Crippen molar-refractivity contribution < 1.29 is 14.3 Å². The molecule has 164 valence electrons. The van der Waals surface area contributed by atoms with Crippen LogP contribution in [0.25, 0.3) is 0 Å². The number of hydrogen-bond acceptors (Lipinski definition) is 3. The maximum absolute atomic E-state index is 12.2. The second kappa shape index (κ2) is 14.8. The fourth-order valence-corrected chi connectivity index (χ4v) is 3.78. The van der Waals surface area contributed by atoms with E-state index in [9.17, 15) is 9.59 Å². The number of benzene rings is 2. The molecule has 2 aromatic carbocycles. The van der Waals surface area contributed by atoms with E-state index in [0.717, 1.165) is 43.2 Å². The first-order chi connectivity index (χ1) is 14.5. The Morgan fingerprint density at radius 3 is 2.20 bits per heavy atom. The van der Waals surface area contributed by atoms with Crippen LogP contribution < -0.4 is 5.32 Å². The highest BCUT2D eigenvalue weighted by atomic mass is 35.5. The van der Waals surface area contributed by atoms with Gasteiger partial charge in [-0.2, -0.15) is 0 Å². The minimum absolute atomic E-state index is 0.0565. The lowest BCUT2D eigenvalue weighted by Crippen LogP contribution is -2.20. The smallest absolute Gasteiger partial charge is 0.224 e. The molecule has 0 saturated heterocycles. The first-order valence-corrected chi connectivity index (χ1v) is 10.9. The summed E-state index contributed by atoms with van der Waals surface area (Å²) in [7, 11) is 3.25. The van der Waals surface area contributed by atoms with E-state index in [-0.39, 0.29) is 5.91 Å². The molecular weight excluding hydrogens is 398 g/mol. The van der Waals surface area contributed by atoms with Gasteiger partial charge in [0.15, 0.2) is 0 Å². The zero-order valence-electron chi connectivity index (χ0n) is 18.5. The fraction of sp³-hybridized carbons (Fsp3) is 0.440.